The second kappa shape index (κ2) is 8.62. The van der Waals surface area contributed by atoms with Crippen LogP contribution in [0.5, 0.6) is 5.75 Å². The zero-order valence-electron chi connectivity index (χ0n) is 18.1. The molecule has 1 saturated heterocycles. The number of ether oxygens (including phenoxy) is 1. The molecule has 0 radical (unpaired) electrons. The number of rotatable bonds is 8. The lowest BCUT2D eigenvalue weighted by molar-refractivity contribution is -0.123. The van der Waals surface area contributed by atoms with Gasteiger partial charge < -0.3 is 13.8 Å². The van der Waals surface area contributed by atoms with Crippen molar-refractivity contribution in [1.29, 1.82) is 0 Å². The number of imide groups is 1. The van der Waals surface area contributed by atoms with E-state index in [9.17, 15) is 14.2 Å². The predicted molar refractivity (Wildman–Crippen MR) is 120 cm³/mol. The Hall–Kier alpha value is -2.80. The first-order valence-corrected chi connectivity index (χ1v) is 12.0. The highest BCUT2D eigenvalue weighted by Gasteiger charge is 2.69. The molecule has 0 spiro atoms. The molecule has 168 valence electrons. The van der Waals surface area contributed by atoms with Crippen LogP contribution < -0.4 is 9.64 Å². The third-order valence-electron chi connectivity index (χ3n) is 5.76. The van der Waals surface area contributed by atoms with E-state index in [1.807, 2.05) is 0 Å². The van der Waals surface area contributed by atoms with E-state index in [-0.39, 0.29) is 13.2 Å². The Balaban J connectivity index is 1.91. The van der Waals surface area contributed by atoms with E-state index >= 15 is 0 Å². The minimum absolute atomic E-state index is 0.0899. The zero-order chi connectivity index (χ0) is 22.9. The van der Waals surface area contributed by atoms with Crippen molar-refractivity contribution in [3.63, 3.8) is 0 Å². The van der Waals surface area contributed by atoms with E-state index in [0.29, 0.717) is 17.0 Å². The first-order valence-electron chi connectivity index (χ1n) is 10.5. The van der Waals surface area contributed by atoms with Crippen molar-refractivity contribution in [1.82, 2.24) is 0 Å². The Morgan fingerprint density at radius 3 is 2.16 bits per heavy atom. The lowest BCUT2D eigenvalue weighted by Gasteiger charge is -2.37. The normalized spacial score (nSPS) is 24.8. The Morgan fingerprint density at radius 1 is 0.969 bits per heavy atom. The van der Waals surface area contributed by atoms with Gasteiger partial charge in [0.25, 0.3) is 0 Å². The molecule has 2 aromatic rings. The van der Waals surface area contributed by atoms with Crippen LogP contribution in [-0.4, -0.2) is 38.4 Å². The van der Waals surface area contributed by atoms with Crippen molar-refractivity contribution in [3.8, 4) is 5.75 Å². The fourth-order valence-corrected chi connectivity index (χ4v) is 6.87. The maximum absolute atomic E-state index is 14.3. The number of anilines is 1. The summed E-state index contributed by atoms with van der Waals surface area (Å²) < 4.78 is 30.9. The lowest BCUT2D eigenvalue weighted by Crippen LogP contribution is -2.40. The minimum atomic E-state index is -4.03. The second-order valence-corrected chi connectivity index (χ2v) is 9.61. The third-order valence-corrected chi connectivity index (χ3v) is 8.44. The number of carbonyl (C=O) groups is 2. The summed E-state index contributed by atoms with van der Waals surface area (Å²) in [5, 5.41) is -1.69. The first-order chi connectivity index (χ1) is 15.4. The monoisotopic (exact) mass is 456 g/mol. The molecular formula is C23H25N2O6P. The summed E-state index contributed by atoms with van der Waals surface area (Å²) in [6.07, 6.45) is 1.42. The van der Waals surface area contributed by atoms with Crippen LogP contribution in [0.2, 0.25) is 0 Å². The number of methoxy groups -OCH3 is 1. The maximum Gasteiger partial charge on any atom is 0.363 e. The number of fused-ring (bicyclic) bond motifs is 1. The SMILES string of the molecule is CCOP(=O)(OCC)C1(c2ccc(OC)cc2)N=CC2C(=O)N(c3ccccc3)C(=O)C21. The van der Waals surface area contributed by atoms with Crippen LogP contribution in [-0.2, 0) is 28.5 Å². The van der Waals surface area contributed by atoms with Crippen LogP contribution in [0.15, 0.2) is 59.6 Å². The van der Waals surface area contributed by atoms with Gasteiger partial charge in [-0.2, -0.15) is 0 Å². The van der Waals surface area contributed by atoms with Gasteiger partial charge in [0.15, 0.2) is 5.28 Å². The van der Waals surface area contributed by atoms with Gasteiger partial charge in [0.2, 0.25) is 11.8 Å². The van der Waals surface area contributed by atoms with Crippen molar-refractivity contribution in [3.05, 3.63) is 60.2 Å². The molecule has 8 nitrogen and oxygen atoms in total. The van der Waals surface area contributed by atoms with Crippen LogP contribution in [0.3, 0.4) is 0 Å². The molecule has 9 heteroatoms. The Bertz CT molecular complexity index is 1080. The van der Waals surface area contributed by atoms with Gasteiger partial charge in [0.1, 0.15) is 5.75 Å². The highest BCUT2D eigenvalue weighted by Crippen LogP contribution is 2.72. The smallest absolute Gasteiger partial charge is 0.363 e. The van der Waals surface area contributed by atoms with Crippen LogP contribution in [0.25, 0.3) is 0 Å². The molecule has 2 aliphatic heterocycles. The molecule has 4 rings (SSSR count). The number of benzene rings is 2. The van der Waals surface area contributed by atoms with E-state index in [4.69, 9.17) is 13.8 Å². The fourth-order valence-electron chi connectivity index (χ4n) is 4.43. The summed E-state index contributed by atoms with van der Waals surface area (Å²) >= 11 is 0. The van der Waals surface area contributed by atoms with Crippen LogP contribution in [0.1, 0.15) is 19.4 Å². The number of para-hydroxylation sites is 1. The zero-order valence-corrected chi connectivity index (χ0v) is 19.0. The van der Waals surface area contributed by atoms with Crippen LogP contribution in [0, 0.1) is 11.8 Å². The van der Waals surface area contributed by atoms with Crippen molar-refractivity contribution in [2.45, 2.75) is 19.1 Å². The summed E-state index contributed by atoms with van der Waals surface area (Å²) in [7, 11) is -2.50. The van der Waals surface area contributed by atoms with Crippen LogP contribution >= 0.6 is 7.60 Å². The highest BCUT2D eigenvalue weighted by atomic mass is 31.2. The number of nitrogens with zero attached hydrogens (tertiary/aromatic N) is 2. The van der Waals surface area contributed by atoms with E-state index < -0.39 is 36.5 Å². The summed E-state index contributed by atoms with van der Waals surface area (Å²) in [6, 6.07) is 15.4. The molecule has 2 heterocycles. The molecule has 0 bridgehead atoms. The standard InChI is InChI=1S/C23H25N2O6P/c1-4-30-32(28,31-5-2)23(16-11-13-18(29-3)14-12-16)20-19(15-24-23)21(26)25(22(20)27)17-9-7-6-8-10-17/h6-15,19-20H,4-5H2,1-3H3. The molecule has 0 aromatic heterocycles. The van der Waals surface area contributed by atoms with E-state index in [1.54, 1.807) is 68.4 Å². The topological polar surface area (TPSA) is 94.5 Å². The second-order valence-electron chi connectivity index (χ2n) is 7.42. The van der Waals surface area contributed by atoms with Gasteiger partial charge in [0, 0.05) is 6.21 Å². The first kappa shape index (κ1) is 22.4. The summed E-state index contributed by atoms with van der Waals surface area (Å²) in [5.41, 5.74) is 0.917. The van der Waals surface area contributed by atoms with E-state index in [0.717, 1.165) is 4.90 Å². The molecule has 0 saturated carbocycles. The average molecular weight is 456 g/mol. The average Bonchev–Trinajstić information content (AvgIpc) is 3.32. The van der Waals surface area contributed by atoms with Gasteiger partial charge in [-0.15, -0.1) is 0 Å². The number of amides is 2. The summed E-state index contributed by atoms with van der Waals surface area (Å²) in [5.74, 6) is -2.25. The van der Waals surface area contributed by atoms with Crippen molar-refractivity contribution < 1.29 is 27.9 Å². The predicted octanol–water partition coefficient (Wildman–Crippen LogP) is 4.00. The molecule has 1 fully saturated rings. The van der Waals surface area contributed by atoms with Crippen molar-refractivity contribution in [2.75, 3.05) is 25.2 Å². The number of hydrogen-bond acceptors (Lipinski definition) is 7. The Labute approximate surface area is 186 Å². The Morgan fingerprint density at radius 2 is 1.59 bits per heavy atom. The Kier molecular flexibility index (Phi) is 6.03. The van der Waals surface area contributed by atoms with Crippen LogP contribution in [0.4, 0.5) is 5.69 Å². The summed E-state index contributed by atoms with van der Waals surface area (Å²) in [4.78, 5) is 32.7. The molecule has 3 unspecified atom stereocenters. The highest BCUT2D eigenvalue weighted by molar-refractivity contribution is 7.55. The minimum Gasteiger partial charge on any atom is -0.497 e. The molecule has 0 aliphatic carbocycles. The van der Waals surface area contributed by atoms with Gasteiger partial charge in [-0.05, 0) is 43.7 Å². The van der Waals surface area contributed by atoms with Gasteiger partial charge in [0.05, 0.1) is 37.8 Å². The number of aliphatic imine (C=N–C) groups is 1. The number of carbonyl (C=O) groups excluding carboxylic acids is 2. The van der Waals surface area contributed by atoms with Crippen molar-refractivity contribution in [2.24, 2.45) is 16.8 Å². The lowest BCUT2D eigenvalue weighted by atomic mass is 9.87. The number of hydrogen-bond donors (Lipinski definition) is 0. The molecule has 2 amide bonds. The molecular weight excluding hydrogens is 431 g/mol. The van der Waals surface area contributed by atoms with E-state index in [2.05, 4.69) is 4.99 Å². The molecule has 0 N–H and O–H groups in total. The molecule has 2 aliphatic rings. The van der Waals surface area contributed by atoms with E-state index in [1.165, 1.54) is 13.3 Å². The molecule has 32 heavy (non-hydrogen) atoms. The van der Waals surface area contributed by atoms with Crippen molar-refractivity contribution >= 4 is 31.3 Å². The van der Waals surface area contributed by atoms with Gasteiger partial charge in [-0.3, -0.25) is 19.1 Å². The fraction of sp³-hybridized carbons (Fsp3) is 0.348. The summed E-state index contributed by atoms with van der Waals surface area (Å²) in [6.45, 7) is 3.57. The largest absolute Gasteiger partial charge is 0.497 e. The maximum atomic E-state index is 14.3. The molecule has 3 atom stereocenters. The molecule has 2 aromatic carbocycles. The third kappa shape index (κ3) is 3.22. The quantitative estimate of drug-likeness (QED) is 0.440. The van der Waals surface area contributed by atoms with Gasteiger partial charge in [-0.1, -0.05) is 30.3 Å². The van der Waals surface area contributed by atoms with Gasteiger partial charge in [-0.25, -0.2) is 4.90 Å². The van der Waals surface area contributed by atoms with Gasteiger partial charge >= 0.3 is 7.60 Å².